The van der Waals surface area contributed by atoms with E-state index in [0.29, 0.717) is 0 Å². The number of pyridine rings is 1. The van der Waals surface area contributed by atoms with Gasteiger partial charge in [-0.2, -0.15) is 0 Å². The predicted molar refractivity (Wildman–Crippen MR) is 68.0 cm³/mol. The lowest BCUT2D eigenvalue weighted by molar-refractivity contribution is 0.472. The highest BCUT2D eigenvalue weighted by Crippen LogP contribution is 2.17. The van der Waals surface area contributed by atoms with Gasteiger partial charge in [0, 0.05) is 0 Å². The van der Waals surface area contributed by atoms with Crippen molar-refractivity contribution in [3.63, 3.8) is 0 Å². The highest BCUT2D eigenvalue weighted by molar-refractivity contribution is 5.61. The first-order chi connectivity index (χ1) is 7.11. The van der Waals surface area contributed by atoms with Gasteiger partial charge in [-0.1, -0.05) is 34.3 Å². The molecule has 86 valence electrons. The van der Waals surface area contributed by atoms with Gasteiger partial charge in [0.2, 0.25) is 0 Å². The van der Waals surface area contributed by atoms with Crippen LogP contribution in [0, 0.1) is 6.92 Å². The maximum absolute atomic E-state index is 9.03. The van der Waals surface area contributed by atoms with Crippen LogP contribution in [0.2, 0.25) is 0 Å². The van der Waals surface area contributed by atoms with Crippen molar-refractivity contribution >= 4 is 5.57 Å². The molecule has 0 saturated heterocycles. The van der Waals surface area contributed by atoms with Crippen molar-refractivity contribution in [3.8, 4) is 5.75 Å². The molecule has 0 amide bonds. The van der Waals surface area contributed by atoms with Gasteiger partial charge < -0.3 is 5.11 Å². The molecule has 0 aromatic carbocycles. The van der Waals surface area contributed by atoms with E-state index in [1.54, 1.807) is 6.07 Å². The Hall–Kier alpha value is -1.31. The zero-order valence-corrected chi connectivity index (χ0v) is 10.8. The van der Waals surface area contributed by atoms with E-state index in [1.807, 2.05) is 41.5 Å². The van der Waals surface area contributed by atoms with Crippen molar-refractivity contribution in [2.24, 2.45) is 0 Å². The molecule has 0 bridgehead atoms. The van der Waals surface area contributed by atoms with Crippen molar-refractivity contribution in [2.75, 3.05) is 0 Å². The Morgan fingerprint density at radius 3 is 2.07 bits per heavy atom. The molecule has 15 heavy (non-hydrogen) atoms. The largest absolute Gasteiger partial charge is 0.506 e. The van der Waals surface area contributed by atoms with Gasteiger partial charge in [-0.15, -0.1) is 0 Å². The van der Waals surface area contributed by atoms with Crippen LogP contribution in [0.5, 0.6) is 5.75 Å². The standard InChI is InChI=1S/C9H11NO.2C2H6/c1-6(2)9-7(3)4-8(11)5-10-9;2*1-2/h4-5,11H,1H2,2-3H3;2*1-2H3. The lowest BCUT2D eigenvalue weighted by Gasteiger charge is -2.02. The van der Waals surface area contributed by atoms with Gasteiger partial charge in [0.05, 0.1) is 11.9 Å². The van der Waals surface area contributed by atoms with E-state index in [4.69, 9.17) is 5.11 Å². The Morgan fingerprint density at radius 2 is 1.73 bits per heavy atom. The molecular weight excluding hydrogens is 186 g/mol. The van der Waals surface area contributed by atoms with Crippen LogP contribution >= 0.6 is 0 Å². The summed E-state index contributed by atoms with van der Waals surface area (Å²) in [5.74, 6) is 0.201. The van der Waals surface area contributed by atoms with Crippen molar-refractivity contribution < 1.29 is 5.11 Å². The summed E-state index contributed by atoms with van der Waals surface area (Å²) >= 11 is 0. The topological polar surface area (TPSA) is 33.1 Å². The molecule has 1 N–H and O–H groups in total. The Balaban J connectivity index is 0. The van der Waals surface area contributed by atoms with Crippen molar-refractivity contribution in [1.29, 1.82) is 0 Å². The third kappa shape index (κ3) is 5.89. The smallest absolute Gasteiger partial charge is 0.134 e. The van der Waals surface area contributed by atoms with Crippen LogP contribution in [0.1, 0.15) is 45.9 Å². The quantitative estimate of drug-likeness (QED) is 0.752. The number of hydrogen-bond donors (Lipinski definition) is 1. The normalized spacial score (nSPS) is 7.87. The van der Waals surface area contributed by atoms with Crippen LogP contribution in [-0.2, 0) is 0 Å². The van der Waals surface area contributed by atoms with Crippen LogP contribution in [0.4, 0.5) is 0 Å². The number of aromatic hydroxyl groups is 1. The van der Waals surface area contributed by atoms with Gasteiger partial charge in [0.15, 0.2) is 0 Å². The van der Waals surface area contributed by atoms with E-state index >= 15 is 0 Å². The SMILES string of the molecule is C=C(C)c1ncc(O)cc1C.CC.CC. The molecule has 0 aliphatic heterocycles. The van der Waals surface area contributed by atoms with Crippen molar-refractivity contribution in [1.82, 2.24) is 4.98 Å². The van der Waals surface area contributed by atoms with Gasteiger partial charge in [-0.3, -0.25) is 4.98 Å². The van der Waals surface area contributed by atoms with Gasteiger partial charge in [-0.05, 0) is 31.1 Å². The summed E-state index contributed by atoms with van der Waals surface area (Å²) in [5.41, 5.74) is 2.74. The van der Waals surface area contributed by atoms with E-state index in [0.717, 1.165) is 16.8 Å². The van der Waals surface area contributed by atoms with Crippen LogP contribution in [0.15, 0.2) is 18.8 Å². The average Bonchev–Trinajstić information content (AvgIpc) is 2.23. The average molecular weight is 209 g/mol. The third-order valence-corrected chi connectivity index (χ3v) is 1.47. The minimum absolute atomic E-state index is 0.201. The number of allylic oxidation sites excluding steroid dienone is 1. The summed E-state index contributed by atoms with van der Waals surface area (Å²) in [5, 5.41) is 9.03. The Labute approximate surface area is 93.7 Å². The minimum atomic E-state index is 0.201. The van der Waals surface area contributed by atoms with E-state index in [2.05, 4.69) is 11.6 Å². The maximum atomic E-state index is 9.03. The molecule has 0 fully saturated rings. The monoisotopic (exact) mass is 209 g/mol. The fourth-order valence-corrected chi connectivity index (χ4v) is 1.01. The molecule has 1 rings (SSSR count). The first-order valence-electron chi connectivity index (χ1n) is 5.42. The molecule has 1 aromatic heterocycles. The van der Waals surface area contributed by atoms with Crippen molar-refractivity contribution in [2.45, 2.75) is 41.5 Å². The minimum Gasteiger partial charge on any atom is -0.506 e. The summed E-state index contributed by atoms with van der Waals surface area (Å²) in [6, 6.07) is 1.68. The molecule has 0 aliphatic rings. The summed E-state index contributed by atoms with van der Waals surface area (Å²) in [4.78, 5) is 4.03. The number of nitrogens with zero attached hydrogens (tertiary/aromatic N) is 1. The molecule has 2 heteroatoms. The first kappa shape index (κ1) is 16.1. The van der Waals surface area contributed by atoms with Gasteiger partial charge in [-0.25, -0.2) is 0 Å². The molecule has 0 radical (unpaired) electrons. The molecule has 1 heterocycles. The molecule has 1 aromatic rings. The third-order valence-electron chi connectivity index (χ3n) is 1.47. The Bertz CT molecular complexity index is 293. The second kappa shape index (κ2) is 9.25. The fraction of sp³-hybridized carbons (Fsp3) is 0.462. The van der Waals surface area contributed by atoms with Crippen LogP contribution in [0.3, 0.4) is 0 Å². The lowest BCUT2D eigenvalue weighted by atomic mass is 10.1. The van der Waals surface area contributed by atoms with Gasteiger partial charge in [0.25, 0.3) is 0 Å². The summed E-state index contributed by atoms with van der Waals surface area (Å²) in [6.45, 7) is 15.6. The van der Waals surface area contributed by atoms with Crippen molar-refractivity contribution in [3.05, 3.63) is 30.1 Å². The number of aromatic nitrogens is 1. The fourth-order valence-electron chi connectivity index (χ4n) is 1.01. The number of rotatable bonds is 1. The zero-order valence-electron chi connectivity index (χ0n) is 10.8. The Morgan fingerprint density at radius 1 is 1.27 bits per heavy atom. The number of aryl methyl sites for hydroxylation is 1. The van der Waals surface area contributed by atoms with E-state index in [9.17, 15) is 0 Å². The highest BCUT2D eigenvalue weighted by Gasteiger charge is 2.00. The second-order valence-electron chi connectivity index (χ2n) is 2.64. The molecule has 0 aliphatic carbocycles. The van der Waals surface area contributed by atoms with Gasteiger partial charge >= 0.3 is 0 Å². The highest BCUT2D eigenvalue weighted by atomic mass is 16.3. The van der Waals surface area contributed by atoms with E-state index in [1.165, 1.54) is 6.20 Å². The lowest BCUT2D eigenvalue weighted by Crippen LogP contribution is -1.88. The molecule has 2 nitrogen and oxygen atoms in total. The maximum Gasteiger partial charge on any atom is 0.134 e. The molecule has 0 spiro atoms. The predicted octanol–water partition coefficient (Wildman–Crippen LogP) is 4.18. The Kier molecular flexibility index (Phi) is 9.95. The summed E-state index contributed by atoms with van der Waals surface area (Å²) < 4.78 is 0. The second-order valence-corrected chi connectivity index (χ2v) is 2.64. The molecular formula is C13H23NO. The molecule has 0 atom stereocenters. The first-order valence-corrected chi connectivity index (χ1v) is 5.42. The summed E-state index contributed by atoms with van der Waals surface area (Å²) in [7, 11) is 0. The van der Waals surface area contributed by atoms with Crippen LogP contribution in [-0.4, -0.2) is 10.1 Å². The van der Waals surface area contributed by atoms with Crippen LogP contribution < -0.4 is 0 Å². The summed E-state index contributed by atoms with van der Waals surface area (Å²) in [6.07, 6.45) is 1.43. The van der Waals surface area contributed by atoms with E-state index < -0.39 is 0 Å². The number of hydrogen-bond acceptors (Lipinski definition) is 2. The molecule has 0 unspecified atom stereocenters. The van der Waals surface area contributed by atoms with Crippen LogP contribution in [0.25, 0.3) is 5.57 Å². The van der Waals surface area contributed by atoms with E-state index in [-0.39, 0.29) is 5.75 Å². The zero-order chi connectivity index (χ0) is 12.4. The molecule has 0 saturated carbocycles. The van der Waals surface area contributed by atoms with Gasteiger partial charge in [0.1, 0.15) is 5.75 Å².